The first kappa shape index (κ1) is 12.1. The highest BCUT2D eigenvalue weighted by molar-refractivity contribution is 5.83. The van der Waals surface area contributed by atoms with Crippen molar-refractivity contribution >= 4 is 5.91 Å². The summed E-state index contributed by atoms with van der Waals surface area (Å²) in [4.78, 5) is 14.3. The minimum Gasteiger partial charge on any atom is -0.378 e. The van der Waals surface area contributed by atoms with Crippen molar-refractivity contribution in [3.05, 3.63) is 18.0 Å². The average Bonchev–Trinajstić information content (AvgIpc) is 2.77. The maximum absolute atomic E-state index is 12.4. The summed E-state index contributed by atoms with van der Waals surface area (Å²) < 4.78 is 6.99. The molecule has 17 heavy (non-hydrogen) atoms. The molecule has 1 saturated heterocycles. The van der Waals surface area contributed by atoms with Gasteiger partial charge in [0.15, 0.2) is 0 Å². The number of aromatic nitrogens is 2. The molecule has 0 aromatic carbocycles. The Morgan fingerprint density at radius 2 is 2.06 bits per heavy atom. The number of aryl methyl sites for hydroxylation is 1. The minimum atomic E-state index is -0.633. The SMILES string of the molecule is Cc1ccn(C(C)(C)C(=O)N2CCOCC2)n1. The van der Waals surface area contributed by atoms with Gasteiger partial charge in [-0.2, -0.15) is 5.10 Å². The minimum absolute atomic E-state index is 0.101. The Kier molecular flexibility index (Phi) is 3.19. The number of hydrogen-bond acceptors (Lipinski definition) is 3. The van der Waals surface area contributed by atoms with E-state index in [2.05, 4.69) is 5.10 Å². The lowest BCUT2D eigenvalue weighted by atomic mass is 10.0. The van der Waals surface area contributed by atoms with Gasteiger partial charge in [-0.3, -0.25) is 9.48 Å². The molecule has 0 radical (unpaired) electrons. The molecular formula is C12H19N3O2. The number of amides is 1. The average molecular weight is 237 g/mol. The van der Waals surface area contributed by atoms with Crippen molar-refractivity contribution in [2.75, 3.05) is 26.3 Å². The molecule has 0 atom stereocenters. The molecule has 0 unspecified atom stereocenters. The highest BCUT2D eigenvalue weighted by Crippen LogP contribution is 2.18. The van der Waals surface area contributed by atoms with Crippen molar-refractivity contribution in [3.63, 3.8) is 0 Å². The van der Waals surface area contributed by atoms with Gasteiger partial charge in [0.25, 0.3) is 0 Å². The molecule has 2 heterocycles. The number of carbonyl (C=O) groups excluding carboxylic acids is 1. The van der Waals surface area contributed by atoms with E-state index in [9.17, 15) is 4.79 Å². The van der Waals surface area contributed by atoms with Crippen LogP contribution in [0.1, 0.15) is 19.5 Å². The molecule has 1 amide bonds. The van der Waals surface area contributed by atoms with Crippen molar-refractivity contribution in [1.82, 2.24) is 14.7 Å². The molecular weight excluding hydrogens is 218 g/mol. The molecule has 0 spiro atoms. The summed E-state index contributed by atoms with van der Waals surface area (Å²) >= 11 is 0. The predicted molar refractivity (Wildman–Crippen MR) is 63.7 cm³/mol. The fourth-order valence-electron chi connectivity index (χ4n) is 1.98. The molecule has 1 aliphatic rings. The zero-order valence-electron chi connectivity index (χ0n) is 10.6. The van der Waals surface area contributed by atoms with Crippen molar-refractivity contribution < 1.29 is 9.53 Å². The lowest BCUT2D eigenvalue weighted by Crippen LogP contribution is -2.51. The van der Waals surface area contributed by atoms with E-state index < -0.39 is 5.54 Å². The summed E-state index contributed by atoms with van der Waals surface area (Å²) in [6.07, 6.45) is 1.85. The Hall–Kier alpha value is -1.36. The van der Waals surface area contributed by atoms with Crippen LogP contribution in [0.3, 0.4) is 0 Å². The number of carbonyl (C=O) groups is 1. The summed E-state index contributed by atoms with van der Waals surface area (Å²) in [5.41, 5.74) is 0.291. The van der Waals surface area contributed by atoms with Crippen molar-refractivity contribution in [2.45, 2.75) is 26.3 Å². The number of nitrogens with zero attached hydrogens (tertiary/aromatic N) is 3. The molecule has 0 bridgehead atoms. The maximum atomic E-state index is 12.4. The lowest BCUT2D eigenvalue weighted by Gasteiger charge is -2.34. The molecule has 0 N–H and O–H groups in total. The van der Waals surface area contributed by atoms with Gasteiger partial charge in [-0.15, -0.1) is 0 Å². The molecule has 1 aliphatic heterocycles. The summed E-state index contributed by atoms with van der Waals surface area (Å²) in [6.45, 7) is 8.31. The van der Waals surface area contributed by atoms with E-state index in [1.54, 1.807) is 4.68 Å². The summed E-state index contributed by atoms with van der Waals surface area (Å²) in [5.74, 6) is 0.101. The third-order valence-corrected chi connectivity index (χ3v) is 3.12. The van der Waals surface area contributed by atoms with Gasteiger partial charge in [-0.1, -0.05) is 0 Å². The van der Waals surface area contributed by atoms with E-state index >= 15 is 0 Å². The van der Waals surface area contributed by atoms with Crippen LogP contribution >= 0.6 is 0 Å². The number of rotatable bonds is 2. The highest BCUT2D eigenvalue weighted by Gasteiger charge is 2.35. The third-order valence-electron chi connectivity index (χ3n) is 3.12. The quantitative estimate of drug-likeness (QED) is 0.764. The first-order valence-electron chi connectivity index (χ1n) is 5.91. The molecule has 0 aliphatic carbocycles. The fraction of sp³-hybridized carbons (Fsp3) is 0.667. The van der Waals surface area contributed by atoms with E-state index in [4.69, 9.17) is 4.74 Å². The Labute approximate surface area is 101 Å². The van der Waals surface area contributed by atoms with Crippen LogP contribution in [0.25, 0.3) is 0 Å². The van der Waals surface area contributed by atoms with Crippen LogP contribution in [0.4, 0.5) is 0 Å². The van der Waals surface area contributed by atoms with E-state index in [1.807, 2.05) is 37.9 Å². The molecule has 5 nitrogen and oxygen atoms in total. The zero-order chi connectivity index (χ0) is 12.5. The Bertz CT molecular complexity index is 406. The summed E-state index contributed by atoms with van der Waals surface area (Å²) in [6, 6.07) is 1.91. The zero-order valence-corrected chi connectivity index (χ0v) is 10.6. The van der Waals surface area contributed by atoms with Gasteiger partial charge < -0.3 is 9.64 Å². The molecule has 94 valence electrons. The van der Waals surface area contributed by atoms with Gasteiger partial charge in [0, 0.05) is 19.3 Å². The number of ether oxygens (including phenoxy) is 1. The van der Waals surface area contributed by atoms with E-state index in [0.717, 1.165) is 5.69 Å². The molecule has 1 fully saturated rings. The topological polar surface area (TPSA) is 47.4 Å². The Balaban J connectivity index is 2.16. The monoisotopic (exact) mass is 237 g/mol. The van der Waals surface area contributed by atoms with Gasteiger partial charge in [0.2, 0.25) is 5.91 Å². The van der Waals surface area contributed by atoms with Gasteiger partial charge in [-0.05, 0) is 26.8 Å². The summed E-state index contributed by atoms with van der Waals surface area (Å²) in [7, 11) is 0. The second-order valence-corrected chi connectivity index (χ2v) is 4.87. The second-order valence-electron chi connectivity index (χ2n) is 4.87. The molecule has 1 aromatic rings. The molecule has 0 saturated carbocycles. The van der Waals surface area contributed by atoms with Gasteiger partial charge in [0.1, 0.15) is 5.54 Å². The van der Waals surface area contributed by atoms with Crippen LogP contribution < -0.4 is 0 Å². The number of hydrogen-bond donors (Lipinski definition) is 0. The van der Waals surface area contributed by atoms with E-state index in [-0.39, 0.29) is 5.91 Å². The Morgan fingerprint density at radius 1 is 1.41 bits per heavy atom. The first-order chi connectivity index (χ1) is 8.01. The maximum Gasteiger partial charge on any atom is 0.250 e. The second kappa shape index (κ2) is 4.49. The van der Waals surface area contributed by atoms with Gasteiger partial charge in [-0.25, -0.2) is 0 Å². The van der Waals surface area contributed by atoms with E-state index in [1.165, 1.54) is 0 Å². The number of morpholine rings is 1. The van der Waals surface area contributed by atoms with Crippen LogP contribution in [0.5, 0.6) is 0 Å². The molecule has 2 rings (SSSR count). The van der Waals surface area contributed by atoms with Crippen LogP contribution in [0, 0.1) is 6.92 Å². The van der Waals surface area contributed by atoms with Crippen molar-refractivity contribution in [2.24, 2.45) is 0 Å². The lowest BCUT2D eigenvalue weighted by molar-refractivity contribution is -0.143. The Morgan fingerprint density at radius 3 is 2.59 bits per heavy atom. The van der Waals surface area contributed by atoms with E-state index in [0.29, 0.717) is 26.3 Å². The molecule has 5 heteroatoms. The van der Waals surface area contributed by atoms with Gasteiger partial charge in [0.05, 0.1) is 18.9 Å². The first-order valence-corrected chi connectivity index (χ1v) is 5.91. The largest absolute Gasteiger partial charge is 0.378 e. The normalized spacial score (nSPS) is 17.2. The van der Waals surface area contributed by atoms with Crippen LogP contribution in [-0.2, 0) is 15.1 Å². The van der Waals surface area contributed by atoms with Crippen LogP contribution in [0.15, 0.2) is 12.3 Å². The standard InChI is InChI=1S/C12H19N3O2/c1-10-4-5-15(13-10)12(2,3)11(16)14-6-8-17-9-7-14/h4-5H,6-9H2,1-3H3. The fourth-order valence-corrected chi connectivity index (χ4v) is 1.98. The third kappa shape index (κ3) is 2.34. The van der Waals surface area contributed by atoms with Gasteiger partial charge >= 0.3 is 0 Å². The van der Waals surface area contributed by atoms with Crippen molar-refractivity contribution in [3.8, 4) is 0 Å². The van der Waals surface area contributed by atoms with Crippen molar-refractivity contribution in [1.29, 1.82) is 0 Å². The summed E-state index contributed by atoms with van der Waals surface area (Å²) in [5, 5.41) is 4.34. The highest BCUT2D eigenvalue weighted by atomic mass is 16.5. The smallest absolute Gasteiger partial charge is 0.250 e. The van der Waals surface area contributed by atoms with Crippen LogP contribution in [-0.4, -0.2) is 46.9 Å². The predicted octanol–water partition coefficient (Wildman–Crippen LogP) is 0.785. The van der Waals surface area contributed by atoms with Crippen LogP contribution in [0.2, 0.25) is 0 Å². The molecule has 1 aromatic heterocycles.